The van der Waals surface area contributed by atoms with E-state index in [0.29, 0.717) is 35.4 Å². The van der Waals surface area contributed by atoms with E-state index in [1.165, 1.54) is 11.3 Å². The van der Waals surface area contributed by atoms with Gasteiger partial charge in [0.05, 0.1) is 16.7 Å². The van der Waals surface area contributed by atoms with Crippen LogP contribution in [0, 0.1) is 0 Å². The Morgan fingerprint density at radius 1 is 1.28 bits per heavy atom. The molecule has 0 radical (unpaired) electrons. The summed E-state index contributed by atoms with van der Waals surface area (Å²) in [5, 5.41) is 3.80. The Morgan fingerprint density at radius 2 is 2.04 bits per heavy atom. The molecule has 0 N–H and O–H groups in total. The topological polar surface area (TPSA) is 45.7 Å². The average molecular weight is 400 g/mol. The van der Waals surface area contributed by atoms with Gasteiger partial charge in [0.2, 0.25) is 0 Å². The molecule has 2 heterocycles. The summed E-state index contributed by atoms with van der Waals surface area (Å²) in [6.45, 7) is 4.11. The minimum Gasteiger partial charge on any atom is -0.378 e. The van der Waals surface area contributed by atoms with Crippen LogP contribution in [-0.2, 0) is 17.9 Å². The quantitative estimate of drug-likeness (QED) is 0.770. The highest BCUT2D eigenvalue weighted by Gasteiger charge is 2.24. The van der Waals surface area contributed by atoms with E-state index in [9.17, 15) is 4.79 Å². The maximum atomic E-state index is 12.6. The van der Waals surface area contributed by atoms with Crippen LogP contribution in [0.3, 0.4) is 0 Å². The smallest absolute Gasteiger partial charge is 0.273 e. The summed E-state index contributed by atoms with van der Waals surface area (Å²) in [5.41, 5.74) is 1.51. The van der Waals surface area contributed by atoms with Gasteiger partial charge in [-0.15, -0.1) is 11.3 Å². The fourth-order valence-electron chi connectivity index (χ4n) is 2.78. The minimum absolute atomic E-state index is 0.0148. The van der Waals surface area contributed by atoms with Gasteiger partial charge in [0.1, 0.15) is 10.7 Å². The molecule has 134 valence electrons. The monoisotopic (exact) mass is 399 g/mol. The third-order valence-corrected chi connectivity index (χ3v) is 5.80. The maximum Gasteiger partial charge on any atom is 0.273 e. The van der Waals surface area contributed by atoms with Gasteiger partial charge in [-0.2, -0.15) is 0 Å². The first-order valence-corrected chi connectivity index (χ1v) is 9.60. The van der Waals surface area contributed by atoms with Crippen molar-refractivity contribution >= 4 is 40.4 Å². The molecule has 0 atom stereocenters. The van der Waals surface area contributed by atoms with Gasteiger partial charge >= 0.3 is 0 Å². The Balaban J connectivity index is 1.56. The van der Waals surface area contributed by atoms with E-state index in [1.807, 2.05) is 17.0 Å². The highest BCUT2D eigenvalue weighted by Crippen LogP contribution is 2.26. The van der Waals surface area contributed by atoms with Crippen LogP contribution in [0.4, 0.5) is 0 Å². The van der Waals surface area contributed by atoms with Gasteiger partial charge < -0.3 is 9.64 Å². The molecule has 1 aromatic carbocycles. The van der Waals surface area contributed by atoms with Crippen molar-refractivity contribution in [3.63, 3.8) is 0 Å². The summed E-state index contributed by atoms with van der Waals surface area (Å²) in [6.07, 6.45) is 0. The summed E-state index contributed by atoms with van der Waals surface area (Å²) in [7, 11) is 1.62. The van der Waals surface area contributed by atoms with Gasteiger partial charge in [0, 0.05) is 45.2 Å². The molecule has 3 rings (SSSR count). The lowest BCUT2D eigenvalue weighted by Gasteiger charge is -2.34. The maximum absolute atomic E-state index is 12.6. The predicted octanol–water partition coefficient (Wildman–Crippen LogP) is 3.55. The third kappa shape index (κ3) is 4.51. The highest BCUT2D eigenvalue weighted by molar-refractivity contribution is 7.09. The molecule has 2 aromatic rings. The molecule has 8 heteroatoms. The normalized spacial score (nSPS) is 15.6. The van der Waals surface area contributed by atoms with Gasteiger partial charge in [0.25, 0.3) is 5.91 Å². The number of ether oxygens (including phenoxy) is 1. The molecule has 1 aliphatic rings. The number of carbonyl (C=O) groups is 1. The Morgan fingerprint density at radius 3 is 2.76 bits per heavy atom. The number of methoxy groups -OCH3 is 1. The molecular weight excluding hydrogens is 381 g/mol. The number of nitrogens with zero attached hydrogens (tertiary/aromatic N) is 3. The van der Waals surface area contributed by atoms with Crippen LogP contribution >= 0.6 is 34.5 Å². The van der Waals surface area contributed by atoms with Crippen molar-refractivity contribution in [2.24, 2.45) is 0 Å². The summed E-state index contributed by atoms with van der Waals surface area (Å²) < 4.78 is 5.05. The number of amides is 1. The summed E-state index contributed by atoms with van der Waals surface area (Å²) in [4.78, 5) is 21.0. The number of halogens is 2. The lowest BCUT2D eigenvalue weighted by atomic mass is 10.2. The molecule has 0 unspecified atom stereocenters. The van der Waals surface area contributed by atoms with E-state index >= 15 is 0 Å². The van der Waals surface area contributed by atoms with Gasteiger partial charge in [-0.1, -0.05) is 35.3 Å². The van der Waals surface area contributed by atoms with E-state index in [1.54, 1.807) is 18.6 Å². The second-order valence-electron chi connectivity index (χ2n) is 5.84. The standard InChI is InChI=1S/C17H19Cl2N3O2S/c1-24-10-15-20-14(11-25-15)17(23)22-7-5-21(6-8-22)9-12-3-2-4-13(18)16(12)19/h2-4,11H,5-10H2,1H3. The SMILES string of the molecule is COCc1nc(C(=O)N2CCN(Cc3cccc(Cl)c3Cl)CC2)cs1. The second-order valence-corrected chi connectivity index (χ2v) is 7.57. The van der Waals surface area contributed by atoms with E-state index in [-0.39, 0.29) is 5.91 Å². The molecule has 1 saturated heterocycles. The molecule has 0 bridgehead atoms. The third-order valence-electron chi connectivity index (χ3n) is 4.12. The summed E-state index contributed by atoms with van der Waals surface area (Å²) in [6, 6.07) is 5.68. The molecule has 1 aromatic heterocycles. The molecule has 5 nitrogen and oxygen atoms in total. The lowest BCUT2D eigenvalue weighted by Crippen LogP contribution is -2.48. The first-order valence-electron chi connectivity index (χ1n) is 7.96. The van der Waals surface area contributed by atoms with Crippen LogP contribution in [0.5, 0.6) is 0 Å². The number of hydrogen-bond acceptors (Lipinski definition) is 5. The fourth-order valence-corrected chi connectivity index (χ4v) is 3.90. The van der Waals surface area contributed by atoms with Crippen molar-refractivity contribution in [2.75, 3.05) is 33.3 Å². The van der Waals surface area contributed by atoms with Gasteiger partial charge in [-0.3, -0.25) is 9.69 Å². The zero-order valence-electron chi connectivity index (χ0n) is 13.9. The molecule has 0 saturated carbocycles. The predicted molar refractivity (Wildman–Crippen MR) is 100 cm³/mol. The lowest BCUT2D eigenvalue weighted by molar-refractivity contribution is 0.0623. The van der Waals surface area contributed by atoms with Crippen molar-refractivity contribution in [3.05, 3.63) is 49.9 Å². The molecule has 0 aliphatic carbocycles. The number of rotatable bonds is 5. The number of carbonyl (C=O) groups excluding carboxylic acids is 1. The minimum atomic E-state index is -0.0148. The second kappa shape index (κ2) is 8.47. The van der Waals surface area contributed by atoms with Crippen molar-refractivity contribution < 1.29 is 9.53 Å². The van der Waals surface area contributed by atoms with E-state index in [0.717, 1.165) is 30.2 Å². The number of hydrogen-bond donors (Lipinski definition) is 0. The number of benzene rings is 1. The summed E-state index contributed by atoms with van der Waals surface area (Å²) in [5.74, 6) is -0.0148. The number of piperazine rings is 1. The summed E-state index contributed by atoms with van der Waals surface area (Å²) >= 11 is 13.8. The van der Waals surface area contributed by atoms with Crippen LogP contribution < -0.4 is 0 Å². The van der Waals surface area contributed by atoms with Crippen molar-refractivity contribution in [2.45, 2.75) is 13.2 Å². The zero-order chi connectivity index (χ0) is 17.8. The molecule has 1 amide bonds. The fraction of sp³-hybridized carbons (Fsp3) is 0.412. The zero-order valence-corrected chi connectivity index (χ0v) is 16.2. The van der Waals surface area contributed by atoms with Crippen LogP contribution in [0.2, 0.25) is 10.0 Å². The van der Waals surface area contributed by atoms with Crippen molar-refractivity contribution in [1.82, 2.24) is 14.8 Å². The Hall–Kier alpha value is -1.18. The van der Waals surface area contributed by atoms with Gasteiger partial charge in [-0.25, -0.2) is 4.98 Å². The van der Waals surface area contributed by atoms with Crippen LogP contribution in [0.15, 0.2) is 23.6 Å². The molecular formula is C17H19Cl2N3O2S. The molecule has 25 heavy (non-hydrogen) atoms. The highest BCUT2D eigenvalue weighted by atomic mass is 35.5. The van der Waals surface area contributed by atoms with Crippen LogP contribution in [-0.4, -0.2) is 54.0 Å². The Labute approximate surface area is 161 Å². The largest absolute Gasteiger partial charge is 0.378 e. The number of aromatic nitrogens is 1. The van der Waals surface area contributed by atoms with Gasteiger partial charge in [0.15, 0.2) is 0 Å². The van der Waals surface area contributed by atoms with Gasteiger partial charge in [-0.05, 0) is 11.6 Å². The Kier molecular flexibility index (Phi) is 6.30. The molecule has 1 fully saturated rings. The average Bonchev–Trinajstić information content (AvgIpc) is 3.08. The van der Waals surface area contributed by atoms with E-state index in [2.05, 4.69) is 9.88 Å². The first-order chi connectivity index (χ1) is 12.1. The van der Waals surface area contributed by atoms with Crippen molar-refractivity contribution in [3.8, 4) is 0 Å². The number of thiazole rings is 1. The van der Waals surface area contributed by atoms with E-state index in [4.69, 9.17) is 27.9 Å². The van der Waals surface area contributed by atoms with Crippen molar-refractivity contribution in [1.29, 1.82) is 0 Å². The molecule has 1 aliphatic heterocycles. The first kappa shape index (κ1) is 18.6. The van der Waals surface area contributed by atoms with Crippen LogP contribution in [0.25, 0.3) is 0 Å². The Bertz CT molecular complexity index is 745. The van der Waals surface area contributed by atoms with E-state index < -0.39 is 0 Å². The van der Waals surface area contributed by atoms with Crippen LogP contribution in [0.1, 0.15) is 21.1 Å². The molecule has 0 spiro atoms.